The Morgan fingerprint density at radius 1 is 1.57 bits per heavy atom. The Hall–Kier alpha value is -0.680. The van der Waals surface area contributed by atoms with E-state index in [9.17, 15) is 0 Å². The molecule has 0 amide bonds. The molecule has 0 bridgehead atoms. The summed E-state index contributed by atoms with van der Waals surface area (Å²) in [5, 5.41) is 4.13. The Balaban J connectivity index is 2.01. The SMILES string of the molecule is CC(C)Nc1nc(C2CCCO2)ns1. The minimum atomic E-state index is 0.133. The molecule has 1 unspecified atom stereocenters. The molecule has 1 N–H and O–H groups in total. The first-order valence-corrected chi connectivity index (χ1v) is 5.75. The van der Waals surface area contributed by atoms with Crippen LogP contribution in [0.3, 0.4) is 0 Å². The van der Waals surface area contributed by atoms with Crippen molar-refractivity contribution in [3.63, 3.8) is 0 Å². The van der Waals surface area contributed by atoms with Crippen LogP contribution in [0.15, 0.2) is 0 Å². The third-order valence-corrected chi connectivity index (χ3v) is 2.73. The van der Waals surface area contributed by atoms with Crippen molar-refractivity contribution in [1.29, 1.82) is 0 Å². The Kier molecular flexibility index (Phi) is 2.98. The van der Waals surface area contributed by atoms with Crippen molar-refractivity contribution in [2.24, 2.45) is 0 Å². The highest BCUT2D eigenvalue weighted by Gasteiger charge is 2.21. The number of rotatable bonds is 3. The van der Waals surface area contributed by atoms with Gasteiger partial charge in [0, 0.05) is 24.2 Å². The molecule has 78 valence electrons. The second-order valence-electron chi connectivity index (χ2n) is 3.76. The highest BCUT2D eigenvalue weighted by Crippen LogP contribution is 2.28. The fraction of sp³-hybridized carbons (Fsp3) is 0.778. The summed E-state index contributed by atoms with van der Waals surface area (Å²) in [5.41, 5.74) is 0. The van der Waals surface area contributed by atoms with Gasteiger partial charge in [-0.25, -0.2) is 4.98 Å². The molecule has 1 saturated heterocycles. The number of hydrogen-bond acceptors (Lipinski definition) is 5. The number of anilines is 1. The standard InChI is InChI=1S/C9H15N3OS/c1-6(2)10-9-11-8(12-14-9)7-4-3-5-13-7/h6-7H,3-5H2,1-2H3,(H,10,11,12). The molecular formula is C9H15N3OS. The van der Waals surface area contributed by atoms with E-state index in [0.717, 1.165) is 30.4 Å². The first-order valence-electron chi connectivity index (χ1n) is 4.97. The van der Waals surface area contributed by atoms with Crippen molar-refractivity contribution in [1.82, 2.24) is 9.36 Å². The van der Waals surface area contributed by atoms with Gasteiger partial charge < -0.3 is 10.1 Å². The van der Waals surface area contributed by atoms with Gasteiger partial charge in [0.1, 0.15) is 6.10 Å². The molecule has 0 spiro atoms. The molecule has 2 rings (SSSR count). The molecule has 0 saturated carbocycles. The fourth-order valence-electron chi connectivity index (χ4n) is 1.45. The van der Waals surface area contributed by atoms with E-state index in [1.54, 1.807) is 0 Å². The molecule has 1 fully saturated rings. The minimum Gasteiger partial charge on any atom is -0.370 e. The molecule has 1 aromatic rings. The van der Waals surface area contributed by atoms with E-state index in [1.165, 1.54) is 11.5 Å². The van der Waals surface area contributed by atoms with Gasteiger partial charge in [-0.2, -0.15) is 4.37 Å². The quantitative estimate of drug-likeness (QED) is 0.836. The summed E-state index contributed by atoms with van der Waals surface area (Å²) in [6.07, 6.45) is 2.31. The number of hydrogen-bond donors (Lipinski definition) is 1. The second-order valence-corrected chi connectivity index (χ2v) is 4.51. The van der Waals surface area contributed by atoms with Crippen LogP contribution in [0.5, 0.6) is 0 Å². The molecule has 0 radical (unpaired) electrons. The van der Waals surface area contributed by atoms with Gasteiger partial charge in [-0.1, -0.05) is 0 Å². The predicted octanol–water partition coefficient (Wildman–Crippen LogP) is 2.21. The van der Waals surface area contributed by atoms with Crippen LogP contribution in [0.4, 0.5) is 5.13 Å². The molecular weight excluding hydrogens is 198 g/mol. The lowest BCUT2D eigenvalue weighted by Gasteiger charge is -2.04. The zero-order valence-corrected chi connectivity index (χ0v) is 9.30. The molecule has 1 atom stereocenters. The van der Waals surface area contributed by atoms with E-state index in [-0.39, 0.29) is 6.10 Å². The smallest absolute Gasteiger partial charge is 0.202 e. The van der Waals surface area contributed by atoms with Gasteiger partial charge in [0.25, 0.3) is 0 Å². The van der Waals surface area contributed by atoms with E-state index in [0.29, 0.717) is 6.04 Å². The van der Waals surface area contributed by atoms with E-state index in [1.807, 2.05) is 0 Å². The lowest BCUT2D eigenvalue weighted by atomic mass is 10.2. The van der Waals surface area contributed by atoms with Crippen LogP contribution in [0.25, 0.3) is 0 Å². The Labute approximate surface area is 87.9 Å². The van der Waals surface area contributed by atoms with Crippen molar-refractivity contribution in [3.8, 4) is 0 Å². The summed E-state index contributed by atoms with van der Waals surface area (Å²) in [6, 6.07) is 0.403. The maximum atomic E-state index is 5.51. The molecule has 1 aliphatic rings. The highest BCUT2D eigenvalue weighted by atomic mass is 32.1. The zero-order chi connectivity index (χ0) is 9.97. The normalized spacial score (nSPS) is 21.8. The topological polar surface area (TPSA) is 47.0 Å². The summed E-state index contributed by atoms with van der Waals surface area (Å²) in [6.45, 7) is 5.02. The third-order valence-electron chi connectivity index (χ3n) is 2.07. The molecule has 0 aromatic carbocycles. The first-order chi connectivity index (χ1) is 6.75. The highest BCUT2D eigenvalue weighted by molar-refractivity contribution is 7.09. The van der Waals surface area contributed by atoms with Crippen LogP contribution in [0, 0.1) is 0 Å². The fourth-order valence-corrected chi connectivity index (χ4v) is 2.21. The number of nitrogens with zero attached hydrogens (tertiary/aromatic N) is 2. The number of aromatic nitrogens is 2. The van der Waals surface area contributed by atoms with Gasteiger partial charge in [-0.05, 0) is 26.7 Å². The lowest BCUT2D eigenvalue weighted by Crippen LogP contribution is -2.09. The van der Waals surface area contributed by atoms with Crippen molar-refractivity contribution >= 4 is 16.7 Å². The summed E-state index contributed by atoms with van der Waals surface area (Å²) < 4.78 is 9.81. The second kappa shape index (κ2) is 4.23. The van der Waals surface area contributed by atoms with E-state index < -0.39 is 0 Å². The van der Waals surface area contributed by atoms with E-state index in [4.69, 9.17) is 4.74 Å². The maximum absolute atomic E-state index is 5.51. The molecule has 2 heterocycles. The van der Waals surface area contributed by atoms with Crippen molar-refractivity contribution in [2.75, 3.05) is 11.9 Å². The van der Waals surface area contributed by atoms with Gasteiger partial charge >= 0.3 is 0 Å². The van der Waals surface area contributed by atoms with Gasteiger partial charge in [0.05, 0.1) is 0 Å². The molecule has 0 aliphatic carbocycles. The molecule has 4 nitrogen and oxygen atoms in total. The van der Waals surface area contributed by atoms with Crippen LogP contribution in [0.2, 0.25) is 0 Å². The third kappa shape index (κ3) is 2.22. The number of ether oxygens (including phenoxy) is 1. The monoisotopic (exact) mass is 213 g/mol. The molecule has 1 aromatic heterocycles. The Morgan fingerprint density at radius 3 is 3.07 bits per heavy atom. The summed E-state index contributed by atoms with van der Waals surface area (Å²) >= 11 is 1.41. The van der Waals surface area contributed by atoms with Gasteiger partial charge in [-0.3, -0.25) is 0 Å². The minimum absolute atomic E-state index is 0.133. The van der Waals surface area contributed by atoms with Crippen LogP contribution in [-0.4, -0.2) is 22.0 Å². The largest absolute Gasteiger partial charge is 0.370 e. The van der Waals surface area contributed by atoms with Crippen LogP contribution >= 0.6 is 11.5 Å². The van der Waals surface area contributed by atoms with E-state index in [2.05, 4.69) is 28.5 Å². The maximum Gasteiger partial charge on any atom is 0.202 e. The zero-order valence-electron chi connectivity index (χ0n) is 8.49. The summed E-state index contributed by atoms with van der Waals surface area (Å²) in [7, 11) is 0. The Bertz CT molecular complexity index is 294. The molecule has 1 aliphatic heterocycles. The number of nitrogens with one attached hydrogen (secondary N) is 1. The summed E-state index contributed by atoms with van der Waals surface area (Å²) in [4.78, 5) is 4.40. The van der Waals surface area contributed by atoms with Gasteiger partial charge in [0.2, 0.25) is 5.13 Å². The average Bonchev–Trinajstić information content (AvgIpc) is 2.69. The van der Waals surface area contributed by atoms with Crippen molar-refractivity contribution in [3.05, 3.63) is 5.82 Å². The van der Waals surface area contributed by atoms with Crippen molar-refractivity contribution < 1.29 is 4.74 Å². The Morgan fingerprint density at radius 2 is 2.43 bits per heavy atom. The van der Waals surface area contributed by atoms with Gasteiger partial charge in [-0.15, -0.1) is 0 Å². The van der Waals surface area contributed by atoms with Crippen LogP contribution in [-0.2, 0) is 4.74 Å². The van der Waals surface area contributed by atoms with Gasteiger partial charge in [0.15, 0.2) is 5.82 Å². The lowest BCUT2D eigenvalue weighted by molar-refractivity contribution is 0.106. The first kappa shape index (κ1) is 9.86. The molecule has 5 heteroatoms. The van der Waals surface area contributed by atoms with E-state index >= 15 is 0 Å². The van der Waals surface area contributed by atoms with Crippen LogP contribution < -0.4 is 5.32 Å². The van der Waals surface area contributed by atoms with Crippen molar-refractivity contribution in [2.45, 2.75) is 38.8 Å². The predicted molar refractivity (Wildman–Crippen MR) is 56.6 cm³/mol. The molecule has 14 heavy (non-hydrogen) atoms. The summed E-state index contributed by atoms with van der Waals surface area (Å²) in [5.74, 6) is 0.843. The average molecular weight is 213 g/mol. The van der Waals surface area contributed by atoms with Crippen LogP contribution in [0.1, 0.15) is 38.6 Å².